The second kappa shape index (κ2) is 6.88. The van der Waals surface area contributed by atoms with Gasteiger partial charge in [-0.15, -0.1) is 0 Å². The van der Waals surface area contributed by atoms with Gasteiger partial charge in [0.2, 0.25) is 10.0 Å². The maximum absolute atomic E-state index is 12.6. The van der Waals surface area contributed by atoms with Gasteiger partial charge < -0.3 is 5.11 Å². The Morgan fingerprint density at radius 3 is 2.45 bits per heavy atom. The first-order valence-electron chi connectivity index (χ1n) is 6.63. The van der Waals surface area contributed by atoms with Gasteiger partial charge in [-0.3, -0.25) is 15.0 Å². The van der Waals surface area contributed by atoms with E-state index in [0.717, 1.165) is 12.1 Å². The summed E-state index contributed by atoms with van der Waals surface area (Å²) in [5.74, 6) is 0. The van der Waals surface area contributed by atoms with Crippen LogP contribution in [0.3, 0.4) is 0 Å². The molecule has 0 aliphatic carbocycles. The molecule has 0 bridgehead atoms. The maximum Gasteiger partial charge on any atom is 0.290 e. The fourth-order valence-electron chi connectivity index (χ4n) is 2.33. The first-order valence-corrected chi connectivity index (χ1v) is 8.45. The summed E-state index contributed by atoms with van der Waals surface area (Å²) in [6.45, 7) is 1.89. The Morgan fingerprint density at radius 1 is 1.27 bits per heavy atom. The van der Waals surface area contributed by atoms with Gasteiger partial charge in [0.15, 0.2) is 4.90 Å². The molecule has 0 unspecified atom stereocenters. The highest BCUT2D eigenvalue weighted by Gasteiger charge is 2.33. The molecule has 122 valence electrons. The highest BCUT2D eigenvalue weighted by molar-refractivity contribution is 7.89. The zero-order chi connectivity index (χ0) is 16.3. The number of hydrogen-bond donors (Lipinski definition) is 1. The Balaban J connectivity index is 2.27. The Labute approximate surface area is 133 Å². The third-order valence-electron chi connectivity index (χ3n) is 3.48. The summed E-state index contributed by atoms with van der Waals surface area (Å²) in [4.78, 5) is 11.9. The van der Waals surface area contributed by atoms with Gasteiger partial charge in [-0.2, -0.15) is 4.31 Å². The molecule has 0 radical (unpaired) electrons. The molecule has 1 aliphatic rings. The fraction of sp³-hybridized carbons (Fsp3) is 0.500. The van der Waals surface area contributed by atoms with E-state index in [9.17, 15) is 18.5 Å². The van der Waals surface area contributed by atoms with E-state index in [1.165, 1.54) is 10.4 Å². The number of halogens is 1. The predicted molar refractivity (Wildman–Crippen MR) is 80.4 cm³/mol. The zero-order valence-corrected chi connectivity index (χ0v) is 13.3. The Bertz CT molecular complexity index is 659. The molecule has 1 aromatic carbocycles. The number of nitrogens with zero attached hydrogens (tertiary/aromatic N) is 3. The number of nitro groups is 1. The van der Waals surface area contributed by atoms with Crippen molar-refractivity contribution in [3.8, 4) is 0 Å². The second-order valence-electron chi connectivity index (χ2n) is 4.84. The van der Waals surface area contributed by atoms with Crippen molar-refractivity contribution in [1.82, 2.24) is 9.21 Å². The van der Waals surface area contributed by atoms with Gasteiger partial charge >= 0.3 is 0 Å². The monoisotopic (exact) mass is 349 g/mol. The summed E-state index contributed by atoms with van der Waals surface area (Å²) in [7, 11) is -3.95. The summed E-state index contributed by atoms with van der Waals surface area (Å²) >= 11 is 5.71. The van der Waals surface area contributed by atoms with Gasteiger partial charge in [0.05, 0.1) is 11.5 Å². The number of aliphatic hydroxyl groups excluding tert-OH is 1. The van der Waals surface area contributed by atoms with Crippen molar-refractivity contribution >= 4 is 27.3 Å². The Morgan fingerprint density at radius 2 is 1.91 bits per heavy atom. The molecular formula is C12H16ClN3O5S. The summed E-state index contributed by atoms with van der Waals surface area (Å²) in [5, 5.41) is 20.1. The highest BCUT2D eigenvalue weighted by Crippen LogP contribution is 2.29. The summed E-state index contributed by atoms with van der Waals surface area (Å²) in [6, 6.07) is 3.52. The van der Waals surface area contributed by atoms with E-state index in [2.05, 4.69) is 0 Å². The second-order valence-corrected chi connectivity index (χ2v) is 7.18. The lowest BCUT2D eigenvalue weighted by atomic mass is 10.3. The lowest BCUT2D eigenvalue weighted by Gasteiger charge is -2.33. The molecule has 1 fully saturated rings. The minimum Gasteiger partial charge on any atom is -0.395 e. The largest absolute Gasteiger partial charge is 0.395 e. The minimum absolute atomic E-state index is 0.00933. The average molecular weight is 350 g/mol. The number of hydrogen-bond acceptors (Lipinski definition) is 6. The van der Waals surface area contributed by atoms with Gasteiger partial charge in [0.25, 0.3) is 5.69 Å². The van der Waals surface area contributed by atoms with Crippen LogP contribution < -0.4 is 0 Å². The molecule has 0 amide bonds. The van der Waals surface area contributed by atoms with Crippen molar-refractivity contribution in [2.24, 2.45) is 0 Å². The molecule has 0 atom stereocenters. The Hall–Kier alpha value is -1.26. The molecule has 1 aliphatic heterocycles. The number of aliphatic hydroxyl groups is 1. The van der Waals surface area contributed by atoms with Gasteiger partial charge in [0, 0.05) is 43.8 Å². The van der Waals surface area contributed by atoms with Crippen LogP contribution in [0.1, 0.15) is 0 Å². The first kappa shape index (κ1) is 17.1. The molecule has 1 N–H and O–H groups in total. The molecule has 0 aromatic heterocycles. The minimum atomic E-state index is -3.95. The molecule has 0 saturated carbocycles. The molecule has 22 heavy (non-hydrogen) atoms. The first-order chi connectivity index (χ1) is 10.4. The van der Waals surface area contributed by atoms with Gasteiger partial charge in [-0.1, -0.05) is 11.6 Å². The maximum atomic E-state index is 12.6. The summed E-state index contributed by atoms with van der Waals surface area (Å²) in [6.07, 6.45) is 0. The molecule has 8 nitrogen and oxygen atoms in total. The van der Waals surface area contributed by atoms with Crippen molar-refractivity contribution in [2.75, 3.05) is 39.3 Å². The summed E-state index contributed by atoms with van der Waals surface area (Å²) in [5.41, 5.74) is -0.523. The number of piperazine rings is 1. The highest BCUT2D eigenvalue weighted by atomic mass is 35.5. The van der Waals surface area contributed by atoms with Crippen LogP contribution in [-0.2, 0) is 10.0 Å². The summed E-state index contributed by atoms with van der Waals surface area (Å²) < 4.78 is 26.4. The van der Waals surface area contributed by atoms with Gasteiger partial charge in [-0.25, -0.2) is 8.42 Å². The van der Waals surface area contributed by atoms with E-state index in [4.69, 9.17) is 16.7 Å². The fourth-order valence-corrected chi connectivity index (χ4v) is 4.05. The lowest BCUT2D eigenvalue weighted by Crippen LogP contribution is -2.49. The molecule has 2 rings (SSSR count). The number of sulfonamides is 1. The molecule has 1 heterocycles. The van der Waals surface area contributed by atoms with E-state index in [-0.39, 0.29) is 29.6 Å². The van der Waals surface area contributed by atoms with E-state index in [1.54, 1.807) is 0 Å². The van der Waals surface area contributed by atoms with Crippen LogP contribution in [0.15, 0.2) is 23.1 Å². The van der Waals surface area contributed by atoms with Crippen LogP contribution in [0.4, 0.5) is 5.69 Å². The Kier molecular flexibility index (Phi) is 5.35. The van der Waals surface area contributed by atoms with Crippen molar-refractivity contribution in [1.29, 1.82) is 0 Å². The normalized spacial score (nSPS) is 17.5. The number of β-amino-alcohol motifs (C(OH)–C–C–N with tert-alkyl or cyclic N) is 1. The SMILES string of the molecule is O=[N+]([O-])c1cc(Cl)ccc1S(=O)(=O)N1CCN(CCO)CC1. The number of rotatable bonds is 5. The third kappa shape index (κ3) is 3.55. The van der Waals surface area contributed by atoms with E-state index in [0.29, 0.717) is 19.6 Å². The van der Waals surface area contributed by atoms with Crippen LogP contribution in [0, 0.1) is 10.1 Å². The van der Waals surface area contributed by atoms with Crippen molar-refractivity contribution in [3.05, 3.63) is 33.3 Å². The predicted octanol–water partition coefficient (Wildman–Crippen LogP) is 0.547. The van der Waals surface area contributed by atoms with Crippen molar-refractivity contribution in [2.45, 2.75) is 4.90 Å². The average Bonchev–Trinajstić information content (AvgIpc) is 2.47. The topological polar surface area (TPSA) is 104 Å². The van der Waals surface area contributed by atoms with Crippen LogP contribution in [0.5, 0.6) is 0 Å². The molecule has 10 heteroatoms. The van der Waals surface area contributed by atoms with Crippen molar-refractivity contribution in [3.63, 3.8) is 0 Å². The lowest BCUT2D eigenvalue weighted by molar-refractivity contribution is -0.387. The van der Waals surface area contributed by atoms with Crippen molar-refractivity contribution < 1.29 is 18.4 Å². The van der Waals surface area contributed by atoms with E-state index < -0.39 is 20.6 Å². The molecule has 1 saturated heterocycles. The number of benzene rings is 1. The molecule has 1 aromatic rings. The van der Waals surface area contributed by atoms with E-state index in [1.807, 2.05) is 4.90 Å². The smallest absolute Gasteiger partial charge is 0.290 e. The zero-order valence-electron chi connectivity index (χ0n) is 11.7. The van der Waals surface area contributed by atoms with Crippen LogP contribution in [0.25, 0.3) is 0 Å². The molecule has 0 spiro atoms. The van der Waals surface area contributed by atoms with E-state index >= 15 is 0 Å². The van der Waals surface area contributed by atoms with Gasteiger partial charge in [0.1, 0.15) is 0 Å². The van der Waals surface area contributed by atoms with Crippen LogP contribution in [-0.4, -0.2) is 67.0 Å². The number of nitro benzene ring substituents is 1. The third-order valence-corrected chi connectivity index (χ3v) is 5.66. The molecular weight excluding hydrogens is 334 g/mol. The van der Waals surface area contributed by atoms with Crippen LogP contribution >= 0.6 is 11.6 Å². The quantitative estimate of drug-likeness (QED) is 0.615. The standard InChI is InChI=1S/C12H16ClN3O5S/c13-10-1-2-12(11(9-10)16(18)19)22(20,21)15-5-3-14(4-6-15)7-8-17/h1-2,9,17H,3-8H2. The van der Waals surface area contributed by atoms with Crippen LogP contribution in [0.2, 0.25) is 5.02 Å². The van der Waals surface area contributed by atoms with Gasteiger partial charge in [-0.05, 0) is 12.1 Å².